The first-order chi connectivity index (χ1) is 6.38. The van der Waals surface area contributed by atoms with Crippen LogP contribution in [0.25, 0.3) is 0 Å². The molecule has 0 fully saturated rings. The first kappa shape index (κ1) is 13.6. The minimum absolute atomic E-state index is 0.146. The molecule has 0 heterocycles. The lowest BCUT2D eigenvalue weighted by atomic mass is 10.2. The quantitative estimate of drug-likeness (QED) is 0.669. The second-order valence-electron chi connectivity index (χ2n) is 3.48. The van der Waals surface area contributed by atoms with E-state index < -0.39 is 12.1 Å². The van der Waals surface area contributed by atoms with Gasteiger partial charge in [-0.15, -0.1) is 0 Å². The minimum Gasteiger partial charge on any atom is -0.198 e. The van der Waals surface area contributed by atoms with E-state index in [9.17, 15) is 13.2 Å². The number of hydrogen-bond acceptors (Lipinski definition) is 2. The molecule has 0 rings (SSSR count). The lowest BCUT2D eigenvalue weighted by Gasteiger charge is -2.12. The summed E-state index contributed by atoms with van der Waals surface area (Å²) in [6.45, 7) is 4.04. The van der Waals surface area contributed by atoms with Gasteiger partial charge in [0.05, 0.1) is 6.07 Å². The largest absolute Gasteiger partial charge is 0.405 e. The lowest BCUT2D eigenvalue weighted by molar-refractivity contribution is -0.152. The molecule has 0 aromatic rings. The van der Waals surface area contributed by atoms with E-state index in [1.807, 2.05) is 13.8 Å². The van der Waals surface area contributed by atoms with Crippen molar-refractivity contribution in [3.05, 3.63) is 0 Å². The molecular formula is C9H14F3NS. The molecule has 82 valence electrons. The molecule has 0 amide bonds. The van der Waals surface area contributed by atoms with Crippen molar-refractivity contribution in [1.29, 1.82) is 5.26 Å². The molecule has 0 saturated carbocycles. The Bertz CT molecular complexity index is 195. The van der Waals surface area contributed by atoms with Gasteiger partial charge in [-0.2, -0.15) is 30.2 Å². The van der Waals surface area contributed by atoms with Crippen molar-refractivity contribution in [2.75, 3.05) is 11.5 Å². The van der Waals surface area contributed by atoms with Crippen molar-refractivity contribution in [1.82, 2.24) is 0 Å². The summed E-state index contributed by atoms with van der Waals surface area (Å²) < 4.78 is 36.2. The van der Waals surface area contributed by atoms with Crippen LogP contribution in [0.3, 0.4) is 0 Å². The smallest absolute Gasteiger partial charge is 0.198 e. The summed E-state index contributed by atoms with van der Waals surface area (Å²) >= 11 is 1.20. The highest BCUT2D eigenvalue weighted by Crippen LogP contribution is 2.28. The van der Waals surface area contributed by atoms with Crippen LogP contribution in [-0.4, -0.2) is 17.7 Å². The molecule has 0 aromatic heterocycles. The predicted molar refractivity (Wildman–Crippen MR) is 51.9 cm³/mol. The van der Waals surface area contributed by atoms with Gasteiger partial charge in [-0.05, 0) is 18.1 Å². The highest BCUT2D eigenvalue weighted by Gasteiger charge is 2.39. The van der Waals surface area contributed by atoms with Gasteiger partial charge in [0, 0.05) is 5.75 Å². The van der Waals surface area contributed by atoms with Crippen molar-refractivity contribution in [2.24, 2.45) is 11.8 Å². The van der Waals surface area contributed by atoms with Crippen LogP contribution in [0.4, 0.5) is 13.2 Å². The summed E-state index contributed by atoms with van der Waals surface area (Å²) in [5.74, 6) is -0.785. The van der Waals surface area contributed by atoms with Gasteiger partial charge in [0.1, 0.15) is 0 Å². The monoisotopic (exact) mass is 225 g/mol. The minimum atomic E-state index is -4.38. The Morgan fingerprint density at radius 2 is 1.93 bits per heavy atom. The van der Waals surface area contributed by atoms with Crippen molar-refractivity contribution in [3.63, 3.8) is 0 Å². The maximum Gasteiger partial charge on any atom is 0.405 e. The average molecular weight is 225 g/mol. The van der Waals surface area contributed by atoms with Crippen LogP contribution < -0.4 is 0 Å². The Morgan fingerprint density at radius 1 is 1.36 bits per heavy atom. The Balaban J connectivity index is 3.72. The third-order valence-corrected chi connectivity index (χ3v) is 2.77. The number of thioether (sulfide) groups is 1. The molecule has 1 atom stereocenters. The molecule has 14 heavy (non-hydrogen) atoms. The molecule has 0 spiro atoms. The van der Waals surface area contributed by atoms with Crippen molar-refractivity contribution < 1.29 is 13.2 Å². The number of nitriles is 1. The summed E-state index contributed by atoms with van der Waals surface area (Å²) in [5, 5.41) is 8.29. The van der Waals surface area contributed by atoms with E-state index in [4.69, 9.17) is 5.26 Å². The van der Waals surface area contributed by atoms with E-state index in [-0.39, 0.29) is 5.75 Å². The van der Waals surface area contributed by atoms with Crippen LogP contribution in [0.15, 0.2) is 0 Å². The van der Waals surface area contributed by atoms with Crippen LogP contribution in [0, 0.1) is 23.2 Å². The van der Waals surface area contributed by atoms with Gasteiger partial charge < -0.3 is 0 Å². The molecule has 1 unspecified atom stereocenters. The molecule has 5 heteroatoms. The van der Waals surface area contributed by atoms with E-state index in [0.29, 0.717) is 11.7 Å². The first-order valence-corrected chi connectivity index (χ1v) is 5.57. The van der Waals surface area contributed by atoms with Crippen LogP contribution in [0.1, 0.15) is 20.3 Å². The number of nitrogens with zero attached hydrogens (tertiary/aromatic N) is 1. The van der Waals surface area contributed by atoms with Gasteiger partial charge >= 0.3 is 6.18 Å². The van der Waals surface area contributed by atoms with Crippen molar-refractivity contribution >= 4 is 11.8 Å². The fourth-order valence-corrected chi connectivity index (χ4v) is 2.03. The first-order valence-electron chi connectivity index (χ1n) is 4.42. The third kappa shape index (κ3) is 6.14. The molecule has 0 aliphatic rings. The Kier molecular flexibility index (Phi) is 6.01. The predicted octanol–water partition coefficient (Wildman–Crippen LogP) is 3.47. The van der Waals surface area contributed by atoms with E-state index in [1.165, 1.54) is 17.8 Å². The molecule has 1 nitrogen and oxygen atoms in total. The van der Waals surface area contributed by atoms with E-state index in [1.54, 1.807) is 0 Å². The zero-order chi connectivity index (χ0) is 11.2. The fraction of sp³-hybridized carbons (Fsp3) is 0.889. The van der Waals surface area contributed by atoms with Gasteiger partial charge in [-0.25, -0.2) is 0 Å². The van der Waals surface area contributed by atoms with Crippen LogP contribution in [-0.2, 0) is 0 Å². The third-order valence-electron chi connectivity index (χ3n) is 1.68. The number of halogens is 3. The van der Waals surface area contributed by atoms with Gasteiger partial charge in [0.25, 0.3) is 0 Å². The zero-order valence-electron chi connectivity index (χ0n) is 8.27. The summed E-state index contributed by atoms with van der Waals surface area (Å²) in [7, 11) is 0. The standard InChI is InChI=1S/C9H14F3NS/c1-7(2)3-4-14-6-8(5-13)9(10,11)12/h7-8H,3-4,6H2,1-2H3. The molecule has 0 aromatic carbocycles. The maximum absolute atomic E-state index is 12.1. The molecule has 0 N–H and O–H groups in total. The zero-order valence-corrected chi connectivity index (χ0v) is 9.08. The summed E-state index contributed by atoms with van der Waals surface area (Å²) in [4.78, 5) is 0. The highest BCUT2D eigenvalue weighted by molar-refractivity contribution is 7.99. The summed E-state index contributed by atoms with van der Waals surface area (Å²) in [6.07, 6.45) is -3.49. The van der Waals surface area contributed by atoms with E-state index >= 15 is 0 Å². The van der Waals surface area contributed by atoms with E-state index in [2.05, 4.69) is 0 Å². The van der Waals surface area contributed by atoms with Crippen molar-refractivity contribution in [2.45, 2.75) is 26.4 Å². The Hall–Kier alpha value is -0.370. The molecule has 0 aliphatic carbocycles. The lowest BCUT2D eigenvalue weighted by Crippen LogP contribution is -2.23. The Labute approximate surface area is 86.7 Å². The Morgan fingerprint density at radius 3 is 2.29 bits per heavy atom. The second kappa shape index (κ2) is 6.18. The molecule has 0 aliphatic heterocycles. The topological polar surface area (TPSA) is 23.8 Å². The highest BCUT2D eigenvalue weighted by atomic mass is 32.2. The number of rotatable bonds is 5. The summed E-state index contributed by atoms with van der Waals surface area (Å²) in [6, 6.07) is 1.28. The van der Waals surface area contributed by atoms with Crippen LogP contribution in [0.5, 0.6) is 0 Å². The van der Waals surface area contributed by atoms with Crippen molar-refractivity contribution in [3.8, 4) is 6.07 Å². The number of alkyl halides is 3. The molecular weight excluding hydrogens is 211 g/mol. The van der Waals surface area contributed by atoms with Crippen LogP contribution in [0.2, 0.25) is 0 Å². The second-order valence-corrected chi connectivity index (χ2v) is 4.63. The average Bonchev–Trinajstić information content (AvgIpc) is 2.01. The van der Waals surface area contributed by atoms with Gasteiger partial charge in [0.2, 0.25) is 0 Å². The SMILES string of the molecule is CC(C)CCSCC(C#N)C(F)(F)F. The fourth-order valence-electron chi connectivity index (χ4n) is 0.725. The van der Waals surface area contributed by atoms with Gasteiger partial charge in [-0.3, -0.25) is 0 Å². The maximum atomic E-state index is 12.1. The molecule has 0 saturated heterocycles. The molecule has 0 radical (unpaired) electrons. The van der Waals surface area contributed by atoms with Gasteiger partial charge in [0.15, 0.2) is 5.92 Å². The van der Waals surface area contributed by atoms with E-state index in [0.717, 1.165) is 6.42 Å². The normalized spacial score (nSPS) is 14.1. The van der Waals surface area contributed by atoms with Crippen LogP contribution >= 0.6 is 11.8 Å². The summed E-state index contributed by atoms with van der Waals surface area (Å²) in [5.41, 5.74) is 0. The number of hydrogen-bond donors (Lipinski definition) is 0. The molecule has 0 bridgehead atoms. The van der Waals surface area contributed by atoms with Gasteiger partial charge in [-0.1, -0.05) is 13.8 Å².